The second-order valence-corrected chi connectivity index (χ2v) is 7.00. The number of esters is 1. The summed E-state index contributed by atoms with van der Waals surface area (Å²) >= 11 is 0. The monoisotopic (exact) mass is 376 g/mol. The fourth-order valence-electron chi connectivity index (χ4n) is 3.36. The Labute approximate surface area is 156 Å². The lowest BCUT2D eigenvalue weighted by Crippen LogP contribution is -2.37. The molecule has 9 heteroatoms. The number of aliphatic hydroxyl groups is 1. The Kier molecular flexibility index (Phi) is 5.16. The Morgan fingerprint density at radius 1 is 1.52 bits per heavy atom. The van der Waals surface area contributed by atoms with Crippen molar-refractivity contribution in [2.45, 2.75) is 51.4 Å². The molecule has 0 spiro atoms. The van der Waals surface area contributed by atoms with Gasteiger partial charge < -0.3 is 20.3 Å². The highest BCUT2D eigenvalue weighted by Crippen LogP contribution is 2.38. The number of carbonyl (C=O) groups is 2. The first kappa shape index (κ1) is 19.2. The molecule has 0 aliphatic carbocycles. The summed E-state index contributed by atoms with van der Waals surface area (Å²) in [4.78, 5) is 28.4. The molecule has 1 fully saturated rings. The third-order valence-corrected chi connectivity index (χ3v) is 4.99. The molecular formula is C18H24N4O5. The van der Waals surface area contributed by atoms with Gasteiger partial charge in [-0.2, -0.15) is 5.10 Å². The Morgan fingerprint density at radius 3 is 2.96 bits per heavy atom. The van der Waals surface area contributed by atoms with Crippen molar-refractivity contribution in [3.05, 3.63) is 24.2 Å². The minimum Gasteiger partial charge on any atom is -0.462 e. The van der Waals surface area contributed by atoms with Gasteiger partial charge in [0.2, 0.25) is 0 Å². The number of Topliss-reactive ketones (excluding diaryl/α,β-unsaturated/α-hetero) is 1. The van der Waals surface area contributed by atoms with E-state index >= 15 is 0 Å². The molecule has 0 radical (unpaired) electrons. The number of nitrogens with zero attached hydrogens (tertiary/aromatic N) is 3. The molecular weight excluding hydrogens is 352 g/mol. The van der Waals surface area contributed by atoms with Gasteiger partial charge in [-0.15, -0.1) is 0 Å². The van der Waals surface area contributed by atoms with Crippen LogP contribution in [0.2, 0.25) is 0 Å². The van der Waals surface area contributed by atoms with Crippen LogP contribution in [0.25, 0.3) is 5.52 Å². The molecule has 27 heavy (non-hydrogen) atoms. The SMILES string of the molecule is CCCC(C)C(=O)OC[C@H]1O[C@@](C)(c2ccc3c(N)ncnn23)[C@H](O)C1=O. The summed E-state index contributed by atoms with van der Waals surface area (Å²) < 4.78 is 12.6. The maximum atomic E-state index is 12.5. The van der Waals surface area contributed by atoms with E-state index in [1.165, 1.54) is 10.8 Å². The van der Waals surface area contributed by atoms with Gasteiger partial charge in [0.15, 0.2) is 17.7 Å². The van der Waals surface area contributed by atoms with Crippen molar-refractivity contribution >= 4 is 23.1 Å². The summed E-state index contributed by atoms with van der Waals surface area (Å²) in [5, 5.41) is 14.7. The maximum Gasteiger partial charge on any atom is 0.308 e. The highest BCUT2D eigenvalue weighted by molar-refractivity contribution is 5.91. The molecule has 0 aromatic carbocycles. The number of ether oxygens (including phenoxy) is 2. The van der Waals surface area contributed by atoms with E-state index in [0.717, 1.165) is 6.42 Å². The van der Waals surface area contributed by atoms with Crippen molar-refractivity contribution in [3.8, 4) is 0 Å². The van der Waals surface area contributed by atoms with E-state index in [2.05, 4.69) is 10.1 Å². The minimum atomic E-state index is -1.43. The average Bonchev–Trinajstić information content (AvgIpc) is 3.17. The zero-order valence-electron chi connectivity index (χ0n) is 15.6. The third-order valence-electron chi connectivity index (χ3n) is 4.99. The summed E-state index contributed by atoms with van der Waals surface area (Å²) in [6, 6.07) is 3.37. The van der Waals surface area contributed by atoms with Crippen LogP contribution in [0, 0.1) is 5.92 Å². The molecule has 3 rings (SSSR count). The molecule has 1 saturated heterocycles. The molecule has 0 bridgehead atoms. The van der Waals surface area contributed by atoms with Crippen LogP contribution in [0.4, 0.5) is 5.82 Å². The summed E-state index contributed by atoms with van der Waals surface area (Å²) in [5.74, 6) is -0.901. The maximum absolute atomic E-state index is 12.5. The smallest absolute Gasteiger partial charge is 0.308 e. The van der Waals surface area contributed by atoms with Crippen LogP contribution < -0.4 is 5.73 Å². The molecule has 2 aromatic rings. The van der Waals surface area contributed by atoms with Gasteiger partial charge in [0, 0.05) is 0 Å². The predicted molar refractivity (Wildman–Crippen MR) is 95.7 cm³/mol. The van der Waals surface area contributed by atoms with Crippen LogP contribution in [0.3, 0.4) is 0 Å². The number of hydrogen-bond acceptors (Lipinski definition) is 8. The van der Waals surface area contributed by atoms with Crippen molar-refractivity contribution < 1.29 is 24.2 Å². The highest BCUT2D eigenvalue weighted by atomic mass is 16.6. The molecule has 2 aromatic heterocycles. The number of carbonyl (C=O) groups excluding carboxylic acids is 2. The Balaban J connectivity index is 1.80. The van der Waals surface area contributed by atoms with Crippen LogP contribution in [0.5, 0.6) is 0 Å². The van der Waals surface area contributed by atoms with E-state index in [9.17, 15) is 14.7 Å². The molecule has 9 nitrogen and oxygen atoms in total. The average molecular weight is 376 g/mol. The summed E-state index contributed by atoms with van der Waals surface area (Å²) in [6.45, 7) is 5.11. The van der Waals surface area contributed by atoms with Gasteiger partial charge in [-0.1, -0.05) is 20.3 Å². The Bertz CT molecular complexity index is 867. The Hall–Kier alpha value is -2.52. The first-order valence-corrected chi connectivity index (χ1v) is 8.94. The van der Waals surface area contributed by atoms with Gasteiger partial charge in [0.05, 0.1) is 11.6 Å². The van der Waals surface area contributed by atoms with Crippen molar-refractivity contribution in [2.75, 3.05) is 12.3 Å². The molecule has 1 aliphatic rings. The van der Waals surface area contributed by atoms with E-state index in [0.29, 0.717) is 17.6 Å². The van der Waals surface area contributed by atoms with Crippen molar-refractivity contribution in [1.82, 2.24) is 14.6 Å². The summed E-state index contributed by atoms with van der Waals surface area (Å²) in [6.07, 6.45) is 0.372. The summed E-state index contributed by atoms with van der Waals surface area (Å²) in [7, 11) is 0. The van der Waals surface area contributed by atoms with Gasteiger partial charge in [-0.25, -0.2) is 9.50 Å². The lowest BCUT2D eigenvalue weighted by atomic mass is 9.94. The normalized spacial score (nSPS) is 26.4. The molecule has 1 aliphatic heterocycles. The molecule has 0 amide bonds. The lowest BCUT2D eigenvalue weighted by Gasteiger charge is -2.26. The van der Waals surface area contributed by atoms with E-state index in [4.69, 9.17) is 15.2 Å². The van der Waals surface area contributed by atoms with Gasteiger partial charge in [0.1, 0.15) is 30.2 Å². The standard InChI is InChI=1S/C18H24N4O5/c1-4-5-10(2)17(25)26-8-12-14(23)15(24)18(3,27-12)13-7-6-11-16(19)20-9-21-22(11)13/h6-7,9-10,12,15,24H,4-5,8H2,1-3H3,(H2,19,20,21)/t10?,12-,15-,18+/m1/s1. The molecule has 3 heterocycles. The second-order valence-electron chi connectivity index (χ2n) is 7.00. The number of anilines is 1. The van der Waals surface area contributed by atoms with E-state index in [1.54, 1.807) is 26.0 Å². The summed E-state index contributed by atoms with van der Waals surface area (Å²) in [5.41, 5.74) is 5.48. The number of ketones is 1. The number of aliphatic hydroxyl groups excluding tert-OH is 1. The van der Waals surface area contributed by atoms with Crippen LogP contribution in [0.1, 0.15) is 39.3 Å². The molecule has 146 valence electrons. The second kappa shape index (κ2) is 7.24. The van der Waals surface area contributed by atoms with Crippen LogP contribution in [-0.2, 0) is 24.7 Å². The van der Waals surface area contributed by atoms with Crippen LogP contribution in [0.15, 0.2) is 18.5 Å². The fourth-order valence-corrected chi connectivity index (χ4v) is 3.36. The molecule has 3 N–H and O–H groups in total. The number of nitrogens with two attached hydrogens (primary N) is 1. The zero-order chi connectivity index (χ0) is 19.8. The van der Waals surface area contributed by atoms with Gasteiger partial charge >= 0.3 is 5.97 Å². The van der Waals surface area contributed by atoms with Gasteiger partial charge in [-0.05, 0) is 25.5 Å². The van der Waals surface area contributed by atoms with E-state index < -0.39 is 23.6 Å². The third kappa shape index (κ3) is 3.28. The molecule has 0 saturated carbocycles. The van der Waals surface area contributed by atoms with E-state index in [-0.39, 0.29) is 24.3 Å². The van der Waals surface area contributed by atoms with Crippen molar-refractivity contribution in [1.29, 1.82) is 0 Å². The highest BCUT2D eigenvalue weighted by Gasteiger charge is 2.54. The Morgan fingerprint density at radius 2 is 2.26 bits per heavy atom. The lowest BCUT2D eigenvalue weighted by molar-refractivity contribution is -0.155. The van der Waals surface area contributed by atoms with Crippen molar-refractivity contribution in [3.63, 3.8) is 0 Å². The topological polar surface area (TPSA) is 129 Å². The number of aromatic nitrogens is 3. The quantitative estimate of drug-likeness (QED) is 0.710. The molecule has 1 unspecified atom stereocenters. The van der Waals surface area contributed by atoms with Gasteiger partial charge in [-0.3, -0.25) is 9.59 Å². The van der Waals surface area contributed by atoms with Crippen molar-refractivity contribution in [2.24, 2.45) is 5.92 Å². The zero-order valence-corrected chi connectivity index (χ0v) is 15.6. The number of hydrogen-bond donors (Lipinski definition) is 2. The first-order valence-electron chi connectivity index (χ1n) is 8.94. The van der Waals surface area contributed by atoms with Crippen LogP contribution in [-0.4, -0.2) is 50.3 Å². The number of rotatable bonds is 6. The number of fused-ring (bicyclic) bond motifs is 1. The largest absolute Gasteiger partial charge is 0.462 e. The minimum absolute atomic E-state index is 0.237. The first-order chi connectivity index (χ1) is 12.8. The predicted octanol–water partition coefficient (Wildman–Crippen LogP) is 0.835. The van der Waals surface area contributed by atoms with E-state index in [1.807, 2.05) is 6.92 Å². The molecule has 4 atom stereocenters. The number of nitrogen functional groups attached to an aromatic ring is 1. The van der Waals surface area contributed by atoms with Gasteiger partial charge in [0.25, 0.3) is 0 Å². The fraction of sp³-hybridized carbons (Fsp3) is 0.556. The van der Waals surface area contributed by atoms with Crippen LogP contribution >= 0.6 is 0 Å².